The number of phosphoric ester groups is 1. The van der Waals surface area contributed by atoms with E-state index in [9.17, 15) is 4.57 Å². The van der Waals surface area contributed by atoms with Crippen molar-refractivity contribution in [2.45, 2.75) is 45.8 Å². The molecule has 0 bridgehead atoms. The lowest BCUT2D eigenvalue weighted by Gasteiger charge is -2.17. The molecule has 0 amide bonds. The molecule has 0 fully saturated rings. The van der Waals surface area contributed by atoms with E-state index in [2.05, 4.69) is 11.4 Å². The predicted molar refractivity (Wildman–Crippen MR) is 63.7 cm³/mol. The zero-order valence-corrected chi connectivity index (χ0v) is 11.6. The Morgan fingerprint density at radius 3 is 2.35 bits per heavy atom. The van der Waals surface area contributed by atoms with Gasteiger partial charge in [-0.15, -0.1) is 0 Å². The Hall–Kier alpha value is 0.0300. The first-order chi connectivity index (χ1) is 7.85. The summed E-state index contributed by atoms with van der Waals surface area (Å²) in [5, 5.41) is 0. The van der Waals surface area contributed by atoms with Crippen LogP contribution in [0.25, 0.3) is 0 Å². The molecular weight excluding hydrogens is 247 g/mol. The van der Waals surface area contributed by atoms with Crippen LogP contribution in [-0.4, -0.2) is 41.8 Å². The average molecular weight is 270 g/mol. The van der Waals surface area contributed by atoms with E-state index in [1.165, 1.54) is 0 Å². The van der Waals surface area contributed by atoms with Crippen molar-refractivity contribution < 1.29 is 28.3 Å². The van der Waals surface area contributed by atoms with Gasteiger partial charge in [-0.05, 0) is 20.3 Å². The van der Waals surface area contributed by atoms with Crippen molar-refractivity contribution in [1.29, 1.82) is 0 Å². The van der Waals surface area contributed by atoms with E-state index in [1.54, 1.807) is 6.92 Å². The molecule has 0 radical (unpaired) electrons. The minimum Gasteiger partial charge on any atom is -0.379 e. The first-order valence-corrected chi connectivity index (χ1v) is 7.31. The van der Waals surface area contributed by atoms with Crippen molar-refractivity contribution in [3.8, 4) is 0 Å². The van der Waals surface area contributed by atoms with Crippen LogP contribution in [0.3, 0.4) is 0 Å². The van der Waals surface area contributed by atoms with Gasteiger partial charge in [-0.2, -0.15) is 0 Å². The molecule has 6 nitrogen and oxygen atoms in total. The molecule has 7 heteroatoms. The molecule has 104 valence electrons. The summed E-state index contributed by atoms with van der Waals surface area (Å²) in [5.41, 5.74) is 0. The average Bonchev–Trinajstić information content (AvgIpc) is 2.19. The Bertz CT molecular complexity index is 229. The highest BCUT2D eigenvalue weighted by molar-refractivity contribution is 7.46. The monoisotopic (exact) mass is 270 g/mol. The molecule has 2 atom stereocenters. The molecule has 2 N–H and O–H groups in total. The molecule has 0 aromatic carbocycles. The van der Waals surface area contributed by atoms with Crippen molar-refractivity contribution in [3.05, 3.63) is 0 Å². The van der Waals surface area contributed by atoms with Gasteiger partial charge in [0, 0.05) is 6.61 Å². The van der Waals surface area contributed by atoms with Crippen molar-refractivity contribution in [3.63, 3.8) is 0 Å². The molecule has 0 spiro atoms. The third-order valence-corrected chi connectivity index (χ3v) is 2.56. The lowest BCUT2D eigenvalue weighted by Crippen LogP contribution is -2.23. The van der Waals surface area contributed by atoms with Crippen molar-refractivity contribution in [2.24, 2.45) is 0 Å². The summed E-state index contributed by atoms with van der Waals surface area (Å²) < 4.78 is 25.6. The van der Waals surface area contributed by atoms with E-state index in [1.807, 2.05) is 6.92 Å². The first-order valence-electron chi connectivity index (χ1n) is 5.78. The summed E-state index contributed by atoms with van der Waals surface area (Å²) in [4.78, 5) is 17.1. The lowest BCUT2D eigenvalue weighted by molar-refractivity contribution is -0.0360. The molecule has 0 aliphatic heterocycles. The van der Waals surface area contributed by atoms with Crippen LogP contribution in [0.2, 0.25) is 0 Å². The molecule has 0 saturated carbocycles. The van der Waals surface area contributed by atoms with Gasteiger partial charge in [0.05, 0.1) is 25.4 Å². The summed E-state index contributed by atoms with van der Waals surface area (Å²) in [6.45, 7) is 6.79. The van der Waals surface area contributed by atoms with E-state index >= 15 is 0 Å². The molecule has 0 aliphatic carbocycles. The van der Waals surface area contributed by atoms with E-state index in [0.29, 0.717) is 13.2 Å². The second-order valence-electron chi connectivity index (χ2n) is 3.98. The van der Waals surface area contributed by atoms with Crippen LogP contribution in [0.15, 0.2) is 0 Å². The van der Waals surface area contributed by atoms with Gasteiger partial charge in [-0.1, -0.05) is 13.3 Å². The van der Waals surface area contributed by atoms with Gasteiger partial charge in [0.2, 0.25) is 0 Å². The number of hydrogen-bond acceptors (Lipinski definition) is 4. The smallest absolute Gasteiger partial charge is 0.379 e. The van der Waals surface area contributed by atoms with Gasteiger partial charge in [-0.3, -0.25) is 4.52 Å². The van der Waals surface area contributed by atoms with Crippen molar-refractivity contribution in [2.75, 3.05) is 19.8 Å². The van der Waals surface area contributed by atoms with Crippen LogP contribution < -0.4 is 0 Å². The van der Waals surface area contributed by atoms with Gasteiger partial charge in [-0.25, -0.2) is 4.57 Å². The second-order valence-corrected chi connectivity index (χ2v) is 5.17. The maximum Gasteiger partial charge on any atom is 0.469 e. The summed E-state index contributed by atoms with van der Waals surface area (Å²) >= 11 is 0. The Labute approximate surface area is 103 Å². The van der Waals surface area contributed by atoms with Gasteiger partial charge >= 0.3 is 7.82 Å². The third kappa shape index (κ3) is 12.3. The molecule has 0 aromatic rings. The Kier molecular flexibility index (Phi) is 9.04. The minimum atomic E-state index is -4.42. The molecule has 0 rings (SSSR count). The van der Waals surface area contributed by atoms with Crippen LogP contribution in [-0.2, 0) is 18.6 Å². The van der Waals surface area contributed by atoms with Crippen molar-refractivity contribution in [1.82, 2.24) is 0 Å². The second kappa shape index (κ2) is 9.03. The zero-order valence-electron chi connectivity index (χ0n) is 10.7. The number of unbranched alkanes of at least 4 members (excludes halogenated alkanes) is 1. The van der Waals surface area contributed by atoms with E-state index in [0.717, 1.165) is 12.8 Å². The highest BCUT2D eigenvalue weighted by atomic mass is 31.2. The summed E-state index contributed by atoms with van der Waals surface area (Å²) in [6.07, 6.45) is 1.34. The predicted octanol–water partition coefficient (Wildman–Crippen LogP) is 1.71. The maximum absolute atomic E-state index is 10.5. The molecule has 0 aliphatic rings. The summed E-state index contributed by atoms with van der Waals surface area (Å²) in [5.74, 6) is 0. The fourth-order valence-electron chi connectivity index (χ4n) is 1.11. The fraction of sp³-hybridized carbons (Fsp3) is 1.00. The Morgan fingerprint density at radius 1 is 1.18 bits per heavy atom. The zero-order chi connectivity index (χ0) is 13.3. The molecule has 2 unspecified atom stereocenters. The van der Waals surface area contributed by atoms with Gasteiger partial charge in [0.1, 0.15) is 0 Å². The van der Waals surface area contributed by atoms with E-state index in [-0.39, 0.29) is 12.7 Å². The van der Waals surface area contributed by atoms with Crippen LogP contribution in [0.5, 0.6) is 0 Å². The molecule has 0 heterocycles. The Balaban J connectivity index is 3.55. The van der Waals surface area contributed by atoms with E-state index < -0.39 is 13.9 Å². The molecular formula is C10H23O6P. The molecule has 0 aromatic heterocycles. The quantitative estimate of drug-likeness (QED) is 0.464. The van der Waals surface area contributed by atoms with Crippen molar-refractivity contribution >= 4 is 7.82 Å². The van der Waals surface area contributed by atoms with Crippen LogP contribution in [0, 0.1) is 0 Å². The normalized spacial score (nSPS) is 15.8. The summed E-state index contributed by atoms with van der Waals surface area (Å²) in [7, 11) is -4.42. The third-order valence-electron chi connectivity index (χ3n) is 1.93. The number of rotatable bonds is 10. The number of hydrogen-bond donors (Lipinski definition) is 2. The van der Waals surface area contributed by atoms with Crippen LogP contribution >= 0.6 is 7.82 Å². The maximum atomic E-state index is 10.5. The topological polar surface area (TPSA) is 85.2 Å². The molecule has 17 heavy (non-hydrogen) atoms. The van der Waals surface area contributed by atoms with Crippen LogP contribution in [0.4, 0.5) is 0 Å². The van der Waals surface area contributed by atoms with E-state index in [4.69, 9.17) is 19.3 Å². The Morgan fingerprint density at radius 2 is 1.82 bits per heavy atom. The standard InChI is InChI=1S/C10H23O6P/c1-4-5-6-14-7-9(2)15-8-10(3)16-17(11,12)13/h9-10H,4-8H2,1-3H3,(H2,11,12,13). The highest BCUT2D eigenvalue weighted by Gasteiger charge is 2.19. The van der Waals surface area contributed by atoms with Gasteiger partial charge in [0.15, 0.2) is 0 Å². The first kappa shape index (κ1) is 17.0. The van der Waals surface area contributed by atoms with Gasteiger partial charge in [0.25, 0.3) is 0 Å². The molecule has 0 saturated heterocycles. The largest absolute Gasteiger partial charge is 0.469 e. The number of ether oxygens (including phenoxy) is 2. The SMILES string of the molecule is CCCCOCC(C)OCC(C)OP(=O)(O)O. The minimum absolute atomic E-state index is 0.116. The van der Waals surface area contributed by atoms with Gasteiger partial charge < -0.3 is 19.3 Å². The lowest BCUT2D eigenvalue weighted by atomic mass is 10.3. The number of phosphoric acid groups is 1. The highest BCUT2D eigenvalue weighted by Crippen LogP contribution is 2.37. The van der Waals surface area contributed by atoms with Crippen LogP contribution in [0.1, 0.15) is 33.6 Å². The summed E-state index contributed by atoms with van der Waals surface area (Å²) in [6, 6.07) is 0. The fourth-order valence-corrected chi connectivity index (χ4v) is 1.64.